The molecule has 0 radical (unpaired) electrons. The lowest BCUT2D eigenvalue weighted by molar-refractivity contribution is -0.142. The molecule has 4 heterocycles. The van der Waals surface area contributed by atoms with Gasteiger partial charge in [0.05, 0.1) is 30.7 Å². The fraction of sp³-hybridized carbons (Fsp3) is 0.650. The zero-order valence-corrected chi connectivity index (χ0v) is 16.4. The Balaban J connectivity index is 1.49. The van der Waals surface area contributed by atoms with E-state index in [0.29, 0.717) is 19.6 Å². The second-order valence-electron chi connectivity index (χ2n) is 9.27. The zero-order chi connectivity index (χ0) is 19.4. The first kappa shape index (κ1) is 18.2. The van der Waals surface area contributed by atoms with Crippen LogP contribution in [0.2, 0.25) is 0 Å². The van der Waals surface area contributed by atoms with Crippen LogP contribution in [0.25, 0.3) is 0 Å². The Morgan fingerprint density at radius 3 is 2.93 bits per heavy atom. The third kappa shape index (κ3) is 3.08. The third-order valence-corrected chi connectivity index (χ3v) is 5.80. The van der Waals surface area contributed by atoms with Crippen molar-refractivity contribution in [2.75, 3.05) is 26.7 Å². The first-order valence-corrected chi connectivity index (χ1v) is 9.59. The van der Waals surface area contributed by atoms with Crippen LogP contribution in [0.15, 0.2) is 24.5 Å². The molecular formula is C20H28N4O3. The van der Waals surface area contributed by atoms with E-state index in [1.165, 1.54) is 0 Å². The Morgan fingerprint density at radius 1 is 1.48 bits per heavy atom. The molecule has 2 saturated heterocycles. The van der Waals surface area contributed by atoms with Crippen LogP contribution >= 0.6 is 0 Å². The van der Waals surface area contributed by atoms with Crippen molar-refractivity contribution in [1.82, 2.24) is 20.0 Å². The smallest absolute Gasteiger partial charge is 0.230 e. The van der Waals surface area contributed by atoms with E-state index in [9.17, 15) is 9.59 Å². The normalized spacial score (nSPS) is 31.6. The summed E-state index contributed by atoms with van der Waals surface area (Å²) >= 11 is 0. The van der Waals surface area contributed by atoms with E-state index < -0.39 is 17.4 Å². The fourth-order valence-corrected chi connectivity index (χ4v) is 4.64. The minimum Gasteiger partial charge on any atom is -0.360 e. The summed E-state index contributed by atoms with van der Waals surface area (Å²) in [5.41, 5.74) is 0.440. The van der Waals surface area contributed by atoms with Gasteiger partial charge in [-0.2, -0.15) is 5.10 Å². The van der Waals surface area contributed by atoms with Gasteiger partial charge in [-0.25, -0.2) is 0 Å². The molecule has 0 saturated carbocycles. The van der Waals surface area contributed by atoms with Crippen LogP contribution in [0.3, 0.4) is 0 Å². The first-order chi connectivity index (χ1) is 12.7. The van der Waals surface area contributed by atoms with E-state index >= 15 is 0 Å². The maximum atomic E-state index is 13.2. The number of nitrogens with one attached hydrogen (secondary N) is 1. The van der Waals surface area contributed by atoms with Gasteiger partial charge in [-0.05, 0) is 17.4 Å². The monoisotopic (exact) mass is 372 g/mol. The maximum absolute atomic E-state index is 13.2. The first-order valence-electron chi connectivity index (χ1n) is 9.59. The van der Waals surface area contributed by atoms with Crippen LogP contribution in [0.4, 0.5) is 0 Å². The topological polar surface area (TPSA) is 78.5 Å². The molecule has 3 aliphatic rings. The Morgan fingerprint density at radius 2 is 2.26 bits per heavy atom. The summed E-state index contributed by atoms with van der Waals surface area (Å²) in [6.45, 7) is 8.16. The fourth-order valence-electron chi connectivity index (χ4n) is 4.64. The Bertz CT molecular complexity index is 767. The quantitative estimate of drug-likeness (QED) is 0.789. The molecule has 2 amide bonds. The summed E-state index contributed by atoms with van der Waals surface area (Å²) in [7, 11) is 1.80. The van der Waals surface area contributed by atoms with Crippen molar-refractivity contribution in [3.8, 4) is 0 Å². The van der Waals surface area contributed by atoms with Gasteiger partial charge in [-0.15, -0.1) is 0 Å². The number of H-pyrrole nitrogens is 1. The lowest BCUT2D eigenvalue weighted by Crippen LogP contribution is -2.45. The molecule has 0 aromatic carbocycles. The van der Waals surface area contributed by atoms with Gasteiger partial charge in [0.15, 0.2) is 0 Å². The summed E-state index contributed by atoms with van der Waals surface area (Å²) in [6, 6.07) is 0. The van der Waals surface area contributed by atoms with Crippen LogP contribution in [-0.4, -0.2) is 70.2 Å². The molecule has 2 fully saturated rings. The number of ether oxygens (including phenoxy) is 1. The number of nitrogens with zero attached hydrogens (tertiary/aromatic N) is 3. The van der Waals surface area contributed by atoms with E-state index in [0.717, 1.165) is 12.0 Å². The molecule has 1 aromatic rings. The Hall–Kier alpha value is -2.15. The van der Waals surface area contributed by atoms with Crippen molar-refractivity contribution in [3.63, 3.8) is 0 Å². The predicted octanol–water partition coefficient (Wildman–Crippen LogP) is 1.24. The van der Waals surface area contributed by atoms with Gasteiger partial charge in [0, 0.05) is 26.3 Å². The molecule has 0 aliphatic carbocycles. The number of aromatic amines is 1. The van der Waals surface area contributed by atoms with Crippen molar-refractivity contribution in [2.45, 2.75) is 38.9 Å². The van der Waals surface area contributed by atoms with E-state index in [-0.39, 0.29) is 23.3 Å². The number of amides is 2. The Labute approximate surface area is 159 Å². The zero-order valence-electron chi connectivity index (χ0n) is 16.4. The summed E-state index contributed by atoms with van der Waals surface area (Å²) in [6.07, 6.45) is 8.02. The molecular weight excluding hydrogens is 344 g/mol. The van der Waals surface area contributed by atoms with Gasteiger partial charge in [0.2, 0.25) is 11.8 Å². The number of fused-ring (bicyclic) bond motifs is 1. The molecule has 2 unspecified atom stereocenters. The van der Waals surface area contributed by atoms with E-state index in [2.05, 4.69) is 31.0 Å². The minimum absolute atomic E-state index is 0.00749. The summed E-state index contributed by atoms with van der Waals surface area (Å²) in [5, 5.41) is 6.72. The number of aromatic nitrogens is 2. The van der Waals surface area contributed by atoms with Crippen LogP contribution in [0.5, 0.6) is 0 Å². The van der Waals surface area contributed by atoms with Gasteiger partial charge in [0.1, 0.15) is 5.60 Å². The van der Waals surface area contributed by atoms with Gasteiger partial charge >= 0.3 is 0 Å². The van der Waals surface area contributed by atoms with Crippen LogP contribution < -0.4 is 0 Å². The summed E-state index contributed by atoms with van der Waals surface area (Å²) in [5.74, 6) is -0.787. The predicted molar refractivity (Wildman–Crippen MR) is 99.7 cm³/mol. The van der Waals surface area contributed by atoms with Gasteiger partial charge in [0.25, 0.3) is 0 Å². The molecule has 3 aliphatic heterocycles. The molecule has 27 heavy (non-hydrogen) atoms. The number of likely N-dealkylation sites (tertiary alicyclic amines) is 1. The number of carbonyl (C=O) groups is 2. The number of likely N-dealkylation sites (N-methyl/N-ethyl adjacent to an activating group) is 1. The standard InChI is InChI=1S/C20H28N4O3/c1-19(2,3)11-24-12-20-7-5-14(27-20)15(16(20)18(24)26)17(25)23(4)8-6-13-9-21-22-10-13/h5,7,9-10,14-16H,6,8,11-12H2,1-4H3,(H,21,22)/t14-,15?,16?,20-/m0/s1. The van der Waals surface area contributed by atoms with Gasteiger partial charge in [-0.1, -0.05) is 32.9 Å². The van der Waals surface area contributed by atoms with Crippen LogP contribution in [0, 0.1) is 17.3 Å². The van der Waals surface area contributed by atoms with E-state index in [1.54, 1.807) is 18.1 Å². The highest BCUT2D eigenvalue weighted by Gasteiger charge is 2.67. The van der Waals surface area contributed by atoms with Crippen LogP contribution in [0.1, 0.15) is 26.3 Å². The second-order valence-corrected chi connectivity index (χ2v) is 9.27. The molecule has 1 spiro atoms. The SMILES string of the molecule is CN(CCc1cn[nH]c1)C(=O)C1C2C(=O)N(CC(C)(C)C)C[C@@]23C=C[C@@H]1O3. The minimum atomic E-state index is -0.626. The molecule has 4 rings (SSSR count). The van der Waals surface area contributed by atoms with Gasteiger partial charge < -0.3 is 14.5 Å². The number of hydrogen-bond acceptors (Lipinski definition) is 4. The molecule has 4 atom stereocenters. The van der Waals surface area contributed by atoms with Gasteiger partial charge in [-0.3, -0.25) is 14.7 Å². The molecule has 2 bridgehead atoms. The van der Waals surface area contributed by atoms with Crippen molar-refractivity contribution >= 4 is 11.8 Å². The van der Waals surface area contributed by atoms with Crippen molar-refractivity contribution in [2.24, 2.45) is 17.3 Å². The molecule has 7 nitrogen and oxygen atoms in total. The molecule has 7 heteroatoms. The largest absolute Gasteiger partial charge is 0.360 e. The summed E-state index contributed by atoms with van der Waals surface area (Å²) in [4.78, 5) is 30.0. The molecule has 1 aromatic heterocycles. The van der Waals surface area contributed by atoms with E-state index in [1.807, 2.05) is 23.2 Å². The highest BCUT2D eigenvalue weighted by Crippen LogP contribution is 2.52. The number of hydrogen-bond donors (Lipinski definition) is 1. The van der Waals surface area contributed by atoms with Crippen molar-refractivity contribution in [1.29, 1.82) is 0 Å². The third-order valence-electron chi connectivity index (χ3n) is 5.80. The lowest BCUT2D eigenvalue weighted by Gasteiger charge is -2.29. The second kappa shape index (κ2) is 6.19. The van der Waals surface area contributed by atoms with Crippen molar-refractivity contribution in [3.05, 3.63) is 30.1 Å². The van der Waals surface area contributed by atoms with Crippen molar-refractivity contribution < 1.29 is 14.3 Å². The highest BCUT2D eigenvalue weighted by molar-refractivity contribution is 5.93. The maximum Gasteiger partial charge on any atom is 0.230 e. The molecule has 1 N–H and O–H groups in total. The lowest BCUT2D eigenvalue weighted by atomic mass is 9.76. The average molecular weight is 372 g/mol. The highest BCUT2D eigenvalue weighted by atomic mass is 16.5. The number of rotatable bonds is 5. The Kier molecular flexibility index (Phi) is 4.18. The number of carbonyl (C=O) groups excluding carboxylic acids is 2. The average Bonchev–Trinajstić information content (AvgIpc) is 3.33. The van der Waals surface area contributed by atoms with E-state index in [4.69, 9.17) is 4.74 Å². The molecule has 146 valence electrons. The van der Waals surface area contributed by atoms with Crippen LogP contribution in [-0.2, 0) is 20.7 Å². The summed E-state index contributed by atoms with van der Waals surface area (Å²) < 4.78 is 6.20.